The smallest absolute Gasteiger partial charge is 0.335 e. The standard InChI is InChI=1S/C15H22N2O3/c1-10-4-3-5-15(20,8-10)9-16-13-7-12(14(18)19)6-11(2)17-13/h6-7,10,20H,3-5,8-9H2,1-2H3,(H,16,17)(H,18,19). The molecule has 2 atom stereocenters. The first-order valence-electron chi connectivity index (χ1n) is 7.06. The molecule has 2 unspecified atom stereocenters. The van der Waals surface area contributed by atoms with Crippen molar-refractivity contribution in [2.24, 2.45) is 5.92 Å². The van der Waals surface area contributed by atoms with E-state index in [2.05, 4.69) is 17.2 Å². The van der Waals surface area contributed by atoms with Crippen LogP contribution in [-0.2, 0) is 0 Å². The molecule has 1 aromatic heterocycles. The second kappa shape index (κ2) is 5.79. The summed E-state index contributed by atoms with van der Waals surface area (Å²) in [6, 6.07) is 3.04. The van der Waals surface area contributed by atoms with Gasteiger partial charge in [0.15, 0.2) is 0 Å². The molecule has 0 saturated heterocycles. The van der Waals surface area contributed by atoms with E-state index in [1.54, 1.807) is 6.92 Å². The second-order valence-electron chi connectivity index (χ2n) is 5.97. The molecule has 0 radical (unpaired) electrons. The van der Waals surface area contributed by atoms with Crippen molar-refractivity contribution in [3.8, 4) is 0 Å². The number of hydrogen-bond donors (Lipinski definition) is 3. The molecule has 1 saturated carbocycles. The van der Waals surface area contributed by atoms with Gasteiger partial charge in [0.1, 0.15) is 5.82 Å². The van der Waals surface area contributed by atoms with Crippen molar-refractivity contribution in [3.05, 3.63) is 23.4 Å². The van der Waals surface area contributed by atoms with Crippen LogP contribution in [0, 0.1) is 12.8 Å². The average Bonchev–Trinajstić information content (AvgIpc) is 2.35. The highest BCUT2D eigenvalue weighted by molar-refractivity contribution is 5.88. The van der Waals surface area contributed by atoms with Crippen molar-refractivity contribution in [2.45, 2.75) is 45.1 Å². The number of aliphatic hydroxyl groups is 1. The van der Waals surface area contributed by atoms with Crippen LogP contribution in [0.5, 0.6) is 0 Å². The lowest BCUT2D eigenvalue weighted by molar-refractivity contribution is -0.000831. The number of carbonyl (C=O) groups is 1. The van der Waals surface area contributed by atoms with Crippen molar-refractivity contribution >= 4 is 11.8 Å². The highest BCUT2D eigenvalue weighted by Crippen LogP contribution is 2.32. The highest BCUT2D eigenvalue weighted by Gasteiger charge is 2.32. The largest absolute Gasteiger partial charge is 0.478 e. The summed E-state index contributed by atoms with van der Waals surface area (Å²) in [5.41, 5.74) is 0.146. The summed E-state index contributed by atoms with van der Waals surface area (Å²) >= 11 is 0. The summed E-state index contributed by atoms with van der Waals surface area (Å²) in [4.78, 5) is 15.3. The van der Waals surface area contributed by atoms with Gasteiger partial charge in [-0.1, -0.05) is 19.8 Å². The fraction of sp³-hybridized carbons (Fsp3) is 0.600. The number of carboxylic acids is 1. The fourth-order valence-corrected chi connectivity index (χ4v) is 2.93. The Bertz CT molecular complexity index is 504. The van der Waals surface area contributed by atoms with Crippen LogP contribution >= 0.6 is 0 Å². The maximum atomic E-state index is 11.0. The lowest BCUT2D eigenvalue weighted by Crippen LogP contribution is -2.41. The Balaban J connectivity index is 2.05. The van der Waals surface area contributed by atoms with Crippen molar-refractivity contribution < 1.29 is 15.0 Å². The third-order valence-corrected chi connectivity index (χ3v) is 3.87. The van der Waals surface area contributed by atoms with Crippen LogP contribution in [0.4, 0.5) is 5.82 Å². The van der Waals surface area contributed by atoms with Crippen LogP contribution in [0.25, 0.3) is 0 Å². The summed E-state index contributed by atoms with van der Waals surface area (Å²) in [5.74, 6) is 0.0631. The minimum absolute atomic E-state index is 0.212. The number of anilines is 1. The molecule has 0 bridgehead atoms. The first kappa shape index (κ1) is 14.8. The summed E-state index contributed by atoms with van der Waals surface area (Å²) in [7, 11) is 0. The SMILES string of the molecule is Cc1cc(C(=O)O)cc(NCC2(O)CCCC(C)C2)n1. The van der Waals surface area contributed by atoms with Gasteiger partial charge in [-0.3, -0.25) is 0 Å². The van der Waals surface area contributed by atoms with E-state index in [4.69, 9.17) is 5.11 Å². The number of nitrogens with one attached hydrogen (secondary N) is 1. The third kappa shape index (κ3) is 3.70. The van der Waals surface area contributed by atoms with E-state index in [0.29, 0.717) is 24.0 Å². The maximum absolute atomic E-state index is 11.0. The number of hydrogen-bond acceptors (Lipinski definition) is 4. The molecule has 5 heteroatoms. The summed E-state index contributed by atoms with van der Waals surface area (Å²) in [5, 5.41) is 22.7. The first-order chi connectivity index (χ1) is 9.38. The van der Waals surface area contributed by atoms with E-state index in [0.717, 1.165) is 25.7 Å². The van der Waals surface area contributed by atoms with Gasteiger partial charge in [-0.15, -0.1) is 0 Å². The van der Waals surface area contributed by atoms with E-state index < -0.39 is 11.6 Å². The van der Waals surface area contributed by atoms with Crippen LogP contribution in [-0.4, -0.2) is 33.3 Å². The minimum Gasteiger partial charge on any atom is -0.478 e. The van der Waals surface area contributed by atoms with Gasteiger partial charge >= 0.3 is 5.97 Å². The van der Waals surface area contributed by atoms with Gasteiger partial charge in [0.05, 0.1) is 11.2 Å². The van der Waals surface area contributed by atoms with Gasteiger partial charge < -0.3 is 15.5 Å². The number of aromatic carboxylic acids is 1. The molecule has 0 aromatic carbocycles. The molecule has 1 aromatic rings. The second-order valence-corrected chi connectivity index (χ2v) is 5.97. The topological polar surface area (TPSA) is 82.5 Å². The fourth-order valence-electron chi connectivity index (χ4n) is 2.93. The van der Waals surface area contributed by atoms with Crippen LogP contribution in [0.1, 0.15) is 48.7 Å². The molecule has 3 N–H and O–H groups in total. The molecule has 110 valence electrons. The van der Waals surface area contributed by atoms with E-state index in [-0.39, 0.29) is 5.56 Å². The van der Waals surface area contributed by atoms with E-state index in [1.807, 2.05) is 0 Å². The number of carboxylic acid groups (broad SMARTS) is 1. The quantitative estimate of drug-likeness (QED) is 0.788. The van der Waals surface area contributed by atoms with Crippen molar-refractivity contribution in [1.29, 1.82) is 0 Å². The average molecular weight is 278 g/mol. The molecule has 0 aliphatic heterocycles. The third-order valence-electron chi connectivity index (χ3n) is 3.87. The van der Waals surface area contributed by atoms with Crippen LogP contribution in [0.3, 0.4) is 0 Å². The zero-order chi connectivity index (χ0) is 14.8. The number of aromatic nitrogens is 1. The number of pyridine rings is 1. The van der Waals surface area contributed by atoms with Crippen LogP contribution in [0.15, 0.2) is 12.1 Å². The van der Waals surface area contributed by atoms with Gasteiger partial charge in [0.2, 0.25) is 0 Å². The molecule has 5 nitrogen and oxygen atoms in total. The van der Waals surface area contributed by atoms with Crippen molar-refractivity contribution in [1.82, 2.24) is 4.98 Å². The maximum Gasteiger partial charge on any atom is 0.335 e. The predicted molar refractivity (Wildman–Crippen MR) is 77.0 cm³/mol. The van der Waals surface area contributed by atoms with E-state index >= 15 is 0 Å². The molecule has 0 spiro atoms. The first-order valence-corrected chi connectivity index (χ1v) is 7.06. The van der Waals surface area contributed by atoms with E-state index in [9.17, 15) is 9.90 Å². The van der Waals surface area contributed by atoms with E-state index in [1.165, 1.54) is 12.1 Å². The molecule has 1 aliphatic carbocycles. The molecule has 1 aliphatic rings. The summed E-state index contributed by atoms with van der Waals surface area (Å²) in [6.07, 6.45) is 3.74. The number of aryl methyl sites for hydroxylation is 1. The van der Waals surface area contributed by atoms with Gasteiger partial charge in [-0.2, -0.15) is 0 Å². The van der Waals surface area contributed by atoms with Gasteiger partial charge in [-0.25, -0.2) is 9.78 Å². The Labute approximate surface area is 119 Å². The molecular formula is C15H22N2O3. The number of rotatable bonds is 4. The lowest BCUT2D eigenvalue weighted by atomic mass is 9.79. The van der Waals surface area contributed by atoms with Gasteiger partial charge in [0, 0.05) is 12.2 Å². The van der Waals surface area contributed by atoms with Gasteiger partial charge in [-0.05, 0) is 37.8 Å². The van der Waals surface area contributed by atoms with Crippen LogP contribution < -0.4 is 5.32 Å². The monoisotopic (exact) mass is 278 g/mol. The molecule has 1 fully saturated rings. The normalized spacial score (nSPS) is 26.2. The molecule has 0 amide bonds. The summed E-state index contributed by atoms with van der Waals surface area (Å²) < 4.78 is 0. The van der Waals surface area contributed by atoms with Gasteiger partial charge in [0.25, 0.3) is 0 Å². The molecule has 2 rings (SSSR count). The zero-order valence-corrected chi connectivity index (χ0v) is 12.0. The molecule has 20 heavy (non-hydrogen) atoms. The summed E-state index contributed by atoms with van der Waals surface area (Å²) in [6.45, 7) is 4.32. The Kier molecular flexibility index (Phi) is 4.28. The van der Waals surface area contributed by atoms with Crippen LogP contribution in [0.2, 0.25) is 0 Å². The Hall–Kier alpha value is -1.62. The predicted octanol–water partition coefficient (Wildman–Crippen LogP) is 2.44. The zero-order valence-electron chi connectivity index (χ0n) is 12.0. The molecular weight excluding hydrogens is 256 g/mol. The Morgan fingerprint density at radius 3 is 2.95 bits per heavy atom. The van der Waals surface area contributed by atoms with Crippen molar-refractivity contribution in [2.75, 3.05) is 11.9 Å². The van der Waals surface area contributed by atoms with Crippen molar-refractivity contribution in [3.63, 3.8) is 0 Å². The highest BCUT2D eigenvalue weighted by atomic mass is 16.4. The lowest BCUT2D eigenvalue weighted by Gasteiger charge is -2.35. The number of nitrogens with zero attached hydrogens (tertiary/aromatic N) is 1. The Morgan fingerprint density at radius 1 is 1.55 bits per heavy atom. The molecule has 1 heterocycles. The Morgan fingerprint density at radius 2 is 2.30 bits per heavy atom. The minimum atomic E-state index is -0.969.